The van der Waals surface area contributed by atoms with Crippen molar-refractivity contribution in [3.05, 3.63) is 36.2 Å². The number of aliphatic hydroxyl groups excluding tert-OH is 1. The molecule has 0 bridgehead atoms. The smallest absolute Gasteiger partial charge is 0.0696 e. The van der Waals surface area contributed by atoms with E-state index in [2.05, 4.69) is 4.98 Å². The number of aromatic nitrogens is 1. The second kappa shape index (κ2) is 3.88. The lowest BCUT2D eigenvalue weighted by Crippen LogP contribution is -1.91. The van der Waals surface area contributed by atoms with Gasteiger partial charge < -0.3 is 5.11 Å². The summed E-state index contributed by atoms with van der Waals surface area (Å²) in [4.78, 5) is 3.93. The van der Waals surface area contributed by atoms with Crippen LogP contribution < -0.4 is 0 Å². The lowest BCUT2D eigenvalue weighted by Gasteiger charge is -1.93. The van der Waals surface area contributed by atoms with E-state index < -0.39 is 6.10 Å². The average molecular weight is 149 g/mol. The second-order valence-corrected chi connectivity index (χ2v) is 2.39. The molecule has 2 nitrogen and oxygen atoms in total. The van der Waals surface area contributed by atoms with E-state index in [4.69, 9.17) is 5.11 Å². The van der Waals surface area contributed by atoms with Crippen molar-refractivity contribution in [2.75, 3.05) is 0 Å². The van der Waals surface area contributed by atoms with Crippen molar-refractivity contribution in [2.45, 2.75) is 13.0 Å². The number of aliphatic hydroxyl groups is 1. The van der Waals surface area contributed by atoms with Crippen molar-refractivity contribution in [3.8, 4) is 0 Å². The van der Waals surface area contributed by atoms with E-state index in [1.165, 1.54) is 0 Å². The second-order valence-electron chi connectivity index (χ2n) is 2.39. The fourth-order valence-corrected chi connectivity index (χ4v) is 0.725. The topological polar surface area (TPSA) is 33.1 Å². The predicted molar refractivity (Wildman–Crippen MR) is 45.0 cm³/mol. The molecule has 1 N–H and O–H groups in total. The predicted octanol–water partition coefficient (Wildman–Crippen LogP) is 1.48. The van der Waals surface area contributed by atoms with E-state index in [0.717, 1.165) is 5.56 Å². The van der Waals surface area contributed by atoms with E-state index in [0.29, 0.717) is 0 Å². The quantitative estimate of drug-likeness (QED) is 0.690. The molecule has 58 valence electrons. The maximum absolute atomic E-state index is 8.91. The molecule has 0 unspecified atom stereocenters. The zero-order chi connectivity index (χ0) is 8.10. The van der Waals surface area contributed by atoms with Crippen molar-refractivity contribution in [2.24, 2.45) is 0 Å². The van der Waals surface area contributed by atoms with Gasteiger partial charge in [0, 0.05) is 12.4 Å². The largest absolute Gasteiger partial charge is 0.389 e. The Morgan fingerprint density at radius 2 is 2.45 bits per heavy atom. The summed E-state index contributed by atoms with van der Waals surface area (Å²) in [6.45, 7) is 1.72. The molecule has 0 radical (unpaired) electrons. The van der Waals surface area contributed by atoms with Crippen LogP contribution in [0.3, 0.4) is 0 Å². The van der Waals surface area contributed by atoms with Crippen LogP contribution in [0.2, 0.25) is 0 Å². The average Bonchev–Trinajstić information content (AvgIpc) is 2.03. The van der Waals surface area contributed by atoms with Crippen LogP contribution in [-0.4, -0.2) is 16.2 Å². The van der Waals surface area contributed by atoms with Crippen LogP contribution in [0.5, 0.6) is 0 Å². The Kier molecular flexibility index (Phi) is 2.81. The third-order valence-corrected chi connectivity index (χ3v) is 1.25. The molecule has 1 aromatic rings. The summed E-state index contributed by atoms with van der Waals surface area (Å²) < 4.78 is 0. The molecule has 0 fully saturated rings. The van der Waals surface area contributed by atoms with Gasteiger partial charge in [0.25, 0.3) is 0 Å². The first-order chi connectivity index (χ1) is 5.29. The SMILES string of the molecule is C[C@@H](O)/C=C/c1cccnc1. The number of pyridine rings is 1. The Balaban J connectivity index is 2.65. The zero-order valence-electron chi connectivity index (χ0n) is 6.44. The first-order valence-electron chi connectivity index (χ1n) is 3.55. The minimum atomic E-state index is -0.393. The molecule has 1 atom stereocenters. The van der Waals surface area contributed by atoms with Crippen LogP contribution in [0.1, 0.15) is 12.5 Å². The maximum Gasteiger partial charge on any atom is 0.0696 e. The van der Waals surface area contributed by atoms with Crippen molar-refractivity contribution in [3.63, 3.8) is 0 Å². The highest BCUT2D eigenvalue weighted by molar-refractivity contribution is 5.47. The molecule has 1 heterocycles. The summed E-state index contributed by atoms with van der Waals surface area (Å²) in [6.07, 6.45) is 6.64. The van der Waals surface area contributed by atoms with Gasteiger partial charge in [0.1, 0.15) is 0 Å². The molecule has 0 saturated carbocycles. The molecule has 11 heavy (non-hydrogen) atoms. The molecule has 0 saturated heterocycles. The van der Waals surface area contributed by atoms with E-state index >= 15 is 0 Å². The Labute approximate surface area is 66.2 Å². The van der Waals surface area contributed by atoms with Gasteiger partial charge in [-0.25, -0.2) is 0 Å². The van der Waals surface area contributed by atoms with Gasteiger partial charge in [0.15, 0.2) is 0 Å². The van der Waals surface area contributed by atoms with E-state index in [-0.39, 0.29) is 0 Å². The summed E-state index contributed by atoms with van der Waals surface area (Å²) in [5.74, 6) is 0. The van der Waals surface area contributed by atoms with Gasteiger partial charge in [0.2, 0.25) is 0 Å². The Morgan fingerprint density at radius 1 is 1.64 bits per heavy atom. The molecule has 0 aliphatic heterocycles. The highest BCUT2D eigenvalue weighted by Gasteiger charge is 1.86. The maximum atomic E-state index is 8.91. The molecule has 0 spiro atoms. The first-order valence-corrected chi connectivity index (χ1v) is 3.55. The number of rotatable bonds is 2. The standard InChI is InChI=1S/C9H11NO/c1-8(11)4-5-9-3-2-6-10-7-9/h2-8,11H,1H3/b5-4+/t8-/m1/s1. The summed E-state index contributed by atoms with van der Waals surface area (Å²) in [5, 5.41) is 8.91. The van der Waals surface area contributed by atoms with Gasteiger partial charge in [-0.2, -0.15) is 0 Å². The first kappa shape index (κ1) is 7.95. The molecular weight excluding hydrogens is 138 g/mol. The minimum absolute atomic E-state index is 0.393. The van der Waals surface area contributed by atoms with Gasteiger partial charge in [0.05, 0.1) is 6.10 Å². The van der Waals surface area contributed by atoms with E-state index in [9.17, 15) is 0 Å². The molecule has 0 aliphatic carbocycles. The van der Waals surface area contributed by atoms with Crippen molar-refractivity contribution < 1.29 is 5.11 Å². The molecule has 1 rings (SSSR count). The Bertz CT molecular complexity index is 229. The van der Waals surface area contributed by atoms with Gasteiger partial charge in [-0.1, -0.05) is 18.2 Å². The van der Waals surface area contributed by atoms with Crippen molar-refractivity contribution in [1.29, 1.82) is 0 Å². The number of nitrogens with zero attached hydrogens (tertiary/aromatic N) is 1. The Morgan fingerprint density at radius 3 is 3.00 bits per heavy atom. The summed E-state index contributed by atoms with van der Waals surface area (Å²) in [5.41, 5.74) is 1.01. The highest BCUT2D eigenvalue weighted by Crippen LogP contribution is 1.99. The molecule has 1 aromatic heterocycles. The molecule has 0 aromatic carbocycles. The Hall–Kier alpha value is -1.15. The summed E-state index contributed by atoms with van der Waals surface area (Å²) >= 11 is 0. The van der Waals surface area contributed by atoms with Gasteiger partial charge in [-0.15, -0.1) is 0 Å². The molecular formula is C9H11NO. The molecule has 0 amide bonds. The molecule has 2 heteroatoms. The van der Waals surface area contributed by atoms with Gasteiger partial charge in [-0.05, 0) is 18.6 Å². The van der Waals surface area contributed by atoms with Crippen molar-refractivity contribution in [1.82, 2.24) is 4.98 Å². The number of hydrogen-bond acceptors (Lipinski definition) is 2. The number of hydrogen-bond donors (Lipinski definition) is 1. The summed E-state index contributed by atoms with van der Waals surface area (Å²) in [6, 6.07) is 3.80. The lowest BCUT2D eigenvalue weighted by molar-refractivity contribution is 0.245. The van der Waals surface area contributed by atoms with Crippen LogP contribution in [0.25, 0.3) is 6.08 Å². The third kappa shape index (κ3) is 2.96. The monoisotopic (exact) mass is 149 g/mol. The van der Waals surface area contributed by atoms with Crippen LogP contribution in [0.4, 0.5) is 0 Å². The highest BCUT2D eigenvalue weighted by atomic mass is 16.3. The van der Waals surface area contributed by atoms with E-state index in [1.54, 1.807) is 25.4 Å². The van der Waals surface area contributed by atoms with Crippen LogP contribution in [0, 0.1) is 0 Å². The third-order valence-electron chi connectivity index (χ3n) is 1.25. The van der Waals surface area contributed by atoms with Crippen molar-refractivity contribution >= 4 is 6.08 Å². The lowest BCUT2D eigenvalue weighted by atomic mass is 10.2. The minimum Gasteiger partial charge on any atom is -0.389 e. The van der Waals surface area contributed by atoms with Crippen LogP contribution in [-0.2, 0) is 0 Å². The fourth-order valence-electron chi connectivity index (χ4n) is 0.725. The summed E-state index contributed by atoms with van der Waals surface area (Å²) in [7, 11) is 0. The van der Waals surface area contributed by atoms with Crippen LogP contribution in [0.15, 0.2) is 30.6 Å². The fraction of sp³-hybridized carbons (Fsp3) is 0.222. The molecule has 0 aliphatic rings. The van der Waals surface area contributed by atoms with Crippen LogP contribution >= 0.6 is 0 Å². The van der Waals surface area contributed by atoms with E-state index in [1.807, 2.05) is 18.2 Å². The van der Waals surface area contributed by atoms with Gasteiger partial charge >= 0.3 is 0 Å². The van der Waals surface area contributed by atoms with Gasteiger partial charge in [-0.3, -0.25) is 4.98 Å². The normalized spacial score (nSPS) is 13.6. The zero-order valence-corrected chi connectivity index (χ0v) is 6.44.